The molecule has 1 saturated heterocycles. The second-order valence-corrected chi connectivity index (χ2v) is 10.6. The van der Waals surface area contributed by atoms with Crippen LogP contribution in [0.3, 0.4) is 0 Å². The van der Waals surface area contributed by atoms with Gasteiger partial charge in [-0.1, -0.05) is 18.5 Å². The summed E-state index contributed by atoms with van der Waals surface area (Å²) in [6, 6.07) is 9.79. The summed E-state index contributed by atoms with van der Waals surface area (Å²) in [5.74, 6) is 1.27. The molecule has 2 heterocycles. The molecule has 2 aromatic rings. The molecular weight excluding hydrogens is 452 g/mol. The predicted molar refractivity (Wildman–Crippen MR) is 122 cm³/mol. The molecule has 32 heavy (non-hydrogen) atoms. The minimum atomic E-state index is -3.54. The molecule has 0 aliphatic carbocycles. The highest BCUT2D eigenvalue weighted by Gasteiger charge is 2.28. The first-order chi connectivity index (χ1) is 15.3. The molecule has 172 valence electrons. The second kappa shape index (κ2) is 9.68. The molecule has 1 unspecified atom stereocenters. The van der Waals surface area contributed by atoms with Gasteiger partial charge < -0.3 is 14.8 Å². The molecule has 2 aromatic carbocycles. The molecular formula is C23H27ClN2O5S. The average molecular weight is 479 g/mol. The molecule has 0 bridgehead atoms. The number of carbonyl (C=O) groups is 1. The van der Waals surface area contributed by atoms with Crippen LogP contribution in [0, 0.1) is 5.92 Å². The molecule has 1 atom stereocenters. The smallest absolute Gasteiger partial charge is 0.251 e. The van der Waals surface area contributed by atoms with Crippen LogP contribution in [0.5, 0.6) is 11.5 Å². The maximum atomic E-state index is 12.9. The van der Waals surface area contributed by atoms with Crippen molar-refractivity contribution >= 4 is 27.5 Å². The number of ether oxygens (including phenoxy) is 2. The zero-order chi connectivity index (χ0) is 22.7. The highest BCUT2D eigenvalue weighted by molar-refractivity contribution is 7.89. The maximum Gasteiger partial charge on any atom is 0.251 e. The zero-order valence-corrected chi connectivity index (χ0v) is 19.5. The van der Waals surface area contributed by atoms with Gasteiger partial charge in [0, 0.05) is 25.2 Å². The first-order valence-electron chi connectivity index (χ1n) is 10.8. The minimum Gasteiger partial charge on any atom is -0.486 e. The lowest BCUT2D eigenvalue weighted by Gasteiger charge is -2.30. The molecule has 9 heteroatoms. The molecule has 0 radical (unpaired) electrons. The van der Waals surface area contributed by atoms with Crippen molar-refractivity contribution in [2.75, 3.05) is 32.8 Å². The highest BCUT2D eigenvalue weighted by Crippen LogP contribution is 2.38. The Labute approximate surface area is 193 Å². The number of hydrogen-bond acceptors (Lipinski definition) is 5. The van der Waals surface area contributed by atoms with E-state index in [9.17, 15) is 13.2 Å². The summed E-state index contributed by atoms with van der Waals surface area (Å²) in [5.41, 5.74) is 1.34. The molecule has 4 rings (SSSR count). The van der Waals surface area contributed by atoms with Gasteiger partial charge in [0.05, 0.1) is 9.92 Å². The number of rotatable bonds is 6. The van der Waals surface area contributed by atoms with Gasteiger partial charge in [-0.3, -0.25) is 4.79 Å². The van der Waals surface area contributed by atoms with Crippen molar-refractivity contribution < 1.29 is 22.7 Å². The van der Waals surface area contributed by atoms with E-state index in [1.54, 1.807) is 12.1 Å². The molecule has 2 aliphatic heterocycles. The summed E-state index contributed by atoms with van der Waals surface area (Å²) in [6.07, 6.45) is 2.49. The van der Waals surface area contributed by atoms with Crippen molar-refractivity contribution in [3.63, 3.8) is 0 Å². The maximum absolute atomic E-state index is 12.9. The van der Waals surface area contributed by atoms with E-state index in [1.807, 2.05) is 12.1 Å². The number of benzene rings is 2. The molecule has 1 N–H and O–H groups in total. The SMILES string of the molecule is CC1CCCN(S(=O)(=O)c2ccc(C(=O)NCCc3cc(Cl)c4c(c3)OCCO4)cc2)C1. The summed E-state index contributed by atoms with van der Waals surface area (Å²) >= 11 is 6.26. The van der Waals surface area contributed by atoms with Gasteiger partial charge >= 0.3 is 0 Å². The Kier molecular flexibility index (Phi) is 6.93. The summed E-state index contributed by atoms with van der Waals surface area (Å²) in [4.78, 5) is 12.7. The standard InChI is InChI=1S/C23H27ClN2O5S/c1-16-3-2-10-26(15-16)32(28,29)19-6-4-18(5-7-19)23(27)25-9-8-17-13-20(24)22-21(14-17)30-11-12-31-22/h4-7,13-14,16H,2-3,8-12,15H2,1H3,(H,25,27). The number of fused-ring (bicyclic) bond motifs is 1. The van der Waals surface area contributed by atoms with Crippen LogP contribution >= 0.6 is 11.6 Å². The first-order valence-corrected chi connectivity index (χ1v) is 12.6. The van der Waals surface area contributed by atoms with E-state index in [0.717, 1.165) is 18.4 Å². The van der Waals surface area contributed by atoms with Crippen LogP contribution in [0.1, 0.15) is 35.7 Å². The Balaban J connectivity index is 1.35. The largest absolute Gasteiger partial charge is 0.486 e. The van der Waals surface area contributed by atoms with E-state index >= 15 is 0 Å². The van der Waals surface area contributed by atoms with Gasteiger partial charge in [-0.2, -0.15) is 4.31 Å². The Hall–Kier alpha value is -2.29. The number of carbonyl (C=O) groups excluding carboxylic acids is 1. The van der Waals surface area contributed by atoms with Crippen molar-refractivity contribution in [2.24, 2.45) is 5.92 Å². The topological polar surface area (TPSA) is 84.9 Å². The lowest BCUT2D eigenvalue weighted by molar-refractivity contribution is 0.0954. The Morgan fingerprint density at radius 1 is 1.19 bits per heavy atom. The second-order valence-electron chi connectivity index (χ2n) is 8.24. The monoisotopic (exact) mass is 478 g/mol. The van der Waals surface area contributed by atoms with Crippen molar-refractivity contribution in [1.82, 2.24) is 9.62 Å². The Bertz CT molecular complexity index is 1090. The fraction of sp³-hybridized carbons (Fsp3) is 0.435. The normalized spacial score (nSPS) is 18.9. The minimum absolute atomic E-state index is 0.217. The van der Waals surface area contributed by atoms with E-state index in [-0.39, 0.29) is 10.8 Å². The van der Waals surface area contributed by atoms with Gasteiger partial charge in [0.25, 0.3) is 5.91 Å². The van der Waals surface area contributed by atoms with Gasteiger partial charge in [0.1, 0.15) is 13.2 Å². The lowest BCUT2D eigenvalue weighted by atomic mass is 10.0. The van der Waals surface area contributed by atoms with E-state index in [1.165, 1.54) is 16.4 Å². The van der Waals surface area contributed by atoms with Gasteiger partial charge in [0.15, 0.2) is 11.5 Å². The van der Waals surface area contributed by atoms with Crippen LogP contribution in [-0.2, 0) is 16.4 Å². The van der Waals surface area contributed by atoms with Crippen LogP contribution in [-0.4, -0.2) is 51.5 Å². The molecule has 0 saturated carbocycles. The zero-order valence-electron chi connectivity index (χ0n) is 18.0. The van der Waals surface area contributed by atoms with Crippen molar-refractivity contribution in [3.05, 3.63) is 52.5 Å². The van der Waals surface area contributed by atoms with Gasteiger partial charge in [-0.15, -0.1) is 0 Å². The molecule has 7 nitrogen and oxygen atoms in total. The van der Waals surface area contributed by atoms with Crippen molar-refractivity contribution in [1.29, 1.82) is 0 Å². The fourth-order valence-electron chi connectivity index (χ4n) is 4.02. The number of piperidine rings is 1. The summed E-state index contributed by atoms with van der Waals surface area (Å²) < 4.78 is 38.4. The third kappa shape index (κ3) is 5.03. The average Bonchev–Trinajstić information content (AvgIpc) is 2.79. The summed E-state index contributed by atoms with van der Waals surface area (Å²) in [7, 11) is -3.54. The molecule has 2 aliphatic rings. The lowest BCUT2D eigenvalue weighted by Crippen LogP contribution is -2.39. The van der Waals surface area contributed by atoms with E-state index < -0.39 is 10.0 Å². The highest BCUT2D eigenvalue weighted by atomic mass is 35.5. The third-order valence-corrected chi connectivity index (χ3v) is 7.89. The van der Waals surface area contributed by atoms with E-state index in [4.69, 9.17) is 21.1 Å². The van der Waals surface area contributed by atoms with Crippen molar-refractivity contribution in [3.8, 4) is 11.5 Å². The fourth-order valence-corrected chi connectivity index (χ4v) is 5.91. The number of sulfonamides is 1. The number of amides is 1. The van der Waals surface area contributed by atoms with Crippen molar-refractivity contribution in [2.45, 2.75) is 31.1 Å². The van der Waals surface area contributed by atoms with Gasteiger partial charge in [-0.25, -0.2) is 8.42 Å². The van der Waals surface area contributed by atoms with E-state index in [0.29, 0.717) is 67.3 Å². The molecule has 1 fully saturated rings. The van der Waals surface area contributed by atoms with Gasteiger partial charge in [-0.05, 0) is 67.1 Å². The van der Waals surface area contributed by atoms with Crippen LogP contribution in [0.25, 0.3) is 0 Å². The summed E-state index contributed by atoms with van der Waals surface area (Å²) in [6.45, 7) is 4.49. The molecule has 1 amide bonds. The van der Waals surface area contributed by atoms with Crippen LogP contribution in [0.2, 0.25) is 5.02 Å². The summed E-state index contributed by atoms with van der Waals surface area (Å²) in [5, 5.41) is 3.35. The quantitative estimate of drug-likeness (QED) is 0.686. The Morgan fingerprint density at radius 3 is 2.69 bits per heavy atom. The number of nitrogens with one attached hydrogen (secondary N) is 1. The molecule has 0 aromatic heterocycles. The predicted octanol–water partition coefficient (Wildman–Crippen LogP) is 3.50. The van der Waals surface area contributed by atoms with E-state index in [2.05, 4.69) is 12.2 Å². The number of halogens is 1. The number of hydrogen-bond donors (Lipinski definition) is 1. The Morgan fingerprint density at radius 2 is 1.94 bits per heavy atom. The molecule has 0 spiro atoms. The van der Waals surface area contributed by atoms with Crippen LogP contribution in [0.4, 0.5) is 0 Å². The first kappa shape index (κ1) is 22.9. The van der Waals surface area contributed by atoms with Crippen LogP contribution in [0.15, 0.2) is 41.3 Å². The number of nitrogens with zero attached hydrogens (tertiary/aromatic N) is 1. The van der Waals surface area contributed by atoms with Gasteiger partial charge in [0.2, 0.25) is 10.0 Å². The third-order valence-electron chi connectivity index (χ3n) is 5.73. The van der Waals surface area contributed by atoms with Crippen LogP contribution < -0.4 is 14.8 Å².